The largest absolute Gasteiger partial charge is 0.497 e. The molecule has 0 fully saturated rings. The number of oxazole rings is 1. The van der Waals surface area contributed by atoms with Crippen LogP contribution in [0.4, 0.5) is 0 Å². The Kier molecular flexibility index (Phi) is 5.34. The van der Waals surface area contributed by atoms with Gasteiger partial charge in [0.25, 0.3) is 5.22 Å². The summed E-state index contributed by atoms with van der Waals surface area (Å²) in [5.74, 6) is 2.39. The van der Waals surface area contributed by atoms with Crippen molar-refractivity contribution in [2.45, 2.75) is 24.3 Å². The first-order valence-corrected chi connectivity index (χ1v) is 8.95. The van der Waals surface area contributed by atoms with Crippen LogP contribution in [-0.4, -0.2) is 24.5 Å². The smallest absolute Gasteiger partial charge is 0.257 e. The van der Waals surface area contributed by atoms with Crippen LogP contribution in [0.1, 0.15) is 13.8 Å². The summed E-state index contributed by atoms with van der Waals surface area (Å²) in [5.41, 5.74) is 2.79. The zero-order valence-corrected chi connectivity index (χ0v) is 15.6. The van der Waals surface area contributed by atoms with Crippen molar-refractivity contribution in [3.63, 3.8) is 0 Å². The fraction of sp³-hybridized carbons (Fsp3) is 0.250. The maximum atomic E-state index is 6.08. The Hall–Kier alpha value is -2.40. The number of ether oxygens (including phenoxy) is 2. The third kappa shape index (κ3) is 3.99. The quantitative estimate of drug-likeness (QED) is 0.544. The highest BCUT2D eigenvalue weighted by Gasteiger charge is 2.18. The van der Waals surface area contributed by atoms with Gasteiger partial charge < -0.3 is 13.9 Å². The number of hydrogen-bond donors (Lipinski definition) is 0. The molecule has 3 aromatic rings. The van der Waals surface area contributed by atoms with Gasteiger partial charge in [-0.2, -0.15) is 0 Å². The fourth-order valence-corrected chi connectivity index (χ4v) is 3.11. The Balaban J connectivity index is 2.05. The summed E-state index contributed by atoms with van der Waals surface area (Å²) < 4.78 is 16.6. The van der Waals surface area contributed by atoms with Gasteiger partial charge in [0.2, 0.25) is 0 Å². The summed E-state index contributed by atoms with van der Waals surface area (Å²) in [6.45, 7) is 4.24. The molecule has 0 aliphatic heterocycles. The van der Waals surface area contributed by atoms with Gasteiger partial charge in [-0.1, -0.05) is 25.6 Å². The van der Waals surface area contributed by atoms with E-state index in [0.717, 1.165) is 34.1 Å². The molecule has 0 atom stereocenters. The third-order valence-electron chi connectivity index (χ3n) is 3.66. The number of nitrogens with zero attached hydrogens (tertiary/aromatic N) is 1. The van der Waals surface area contributed by atoms with E-state index in [0.29, 0.717) is 10.5 Å². The van der Waals surface area contributed by atoms with E-state index in [1.807, 2.05) is 48.5 Å². The molecule has 130 valence electrons. The fourth-order valence-electron chi connectivity index (χ4n) is 2.44. The van der Waals surface area contributed by atoms with Gasteiger partial charge in [0.15, 0.2) is 5.76 Å². The van der Waals surface area contributed by atoms with Crippen molar-refractivity contribution >= 4 is 11.8 Å². The van der Waals surface area contributed by atoms with Crippen LogP contribution in [0.3, 0.4) is 0 Å². The first-order valence-electron chi connectivity index (χ1n) is 8.07. The minimum absolute atomic E-state index is 0.395. The molecule has 0 spiro atoms. The predicted octanol–water partition coefficient (Wildman–Crippen LogP) is 5.53. The second-order valence-electron chi connectivity index (χ2n) is 5.78. The average molecular weight is 355 g/mol. The zero-order valence-electron chi connectivity index (χ0n) is 14.8. The highest BCUT2D eigenvalue weighted by atomic mass is 32.2. The molecule has 25 heavy (non-hydrogen) atoms. The molecule has 1 aromatic heterocycles. The summed E-state index contributed by atoms with van der Waals surface area (Å²) in [7, 11) is 3.31. The van der Waals surface area contributed by atoms with Crippen molar-refractivity contribution in [3.8, 4) is 34.1 Å². The van der Waals surface area contributed by atoms with Gasteiger partial charge in [-0.25, -0.2) is 4.98 Å². The monoisotopic (exact) mass is 355 g/mol. The first-order chi connectivity index (χ1) is 12.1. The molecular weight excluding hydrogens is 334 g/mol. The minimum atomic E-state index is 0.395. The predicted molar refractivity (Wildman–Crippen MR) is 101 cm³/mol. The van der Waals surface area contributed by atoms with E-state index in [1.54, 1.807) is 26.0 Å². The molecule has 4 nitrogen and oxygen atoms in total. The van der Waals surface area contributed by atoms with E-state index in [1.165, 1.54) is 0 Å². The lowest BCUT2D eigenvalue weighted by Gasteiger charge is -2.04. The van der Waals surface area contributed by atoms with Crippen molar-refractivity contribution in [1.29, 1.82) is 0 Å². The molecule has 0 amide bonds. The second-order valence-corrected chi connectivity index (χ2v) is 7.31. The molecule has 0 saturated carbocycles. The van der Waals surface area contributed by atoms with E-state index in [-0.39, 0.29) is 0 Å². The molecule has 0 aliphatic rings. The van der Waals surface area contributed by atoms with Crippen LogP contribution in [0, 0.1) is 0 Å². The maximum absolute atomic E-state index is 6.08. The van der Waals surface area contributed by atoms with Crippen molar-refractivity contribution in [1.82, 2.24) is 4.98 Å². The number of hydrogen-bond acceptors (Lipinski definition) is 5. The van der Waals surface area contributed by atoms with Crippen LogP contribution in [-0.2, 0) is 0 Å². The van der Waals surface area contributed by atoms with E-state index < -0.39 is 0 Å². The summed E-state index contributed by atoms with van der Waals surface area (Å²) in [4.78, 5) is 4.72. The highest BCUT2D eigenvalue weighted by Crippen LogP contribution is 2.37. The van der Waals surface area contributed by atoms with E-state index in [9.17, 15) is 0 Å². The maximum Gasteiger partial charge on any atom is 0.257 e. The molecule has 5 heteroatoms. The summed E-state index contributed by atoms with van der Waals surface area (Å²) >= 11 is 1.61. The molecule has 3 rings (SSSR count). The Bertz CT molecular complexity index is 758. The number of thioether (sulfide) groups is 1. The van der Waals surface area contributed by atoms with Gasteiger partial charge in [0, 0.05) is 16.4 Å². The Labute approximate surface area is 152 Å². The summed E-state index contributed by atoms with van der Waals surface area (Å²) in [5, 5.41) is 1.07. The van der Waals surface area contributed by atoms with Crippen LogP contribution in [0.2, 0.25) is 0 Å². The van der Waals surface area contributed by atoms with Crippen molar-refractivity contribution in [2.24, 2.45) is 0 Å². The van der Waals surface area contributed by atoms with Crippen molar-refractivity contribution in [3.05, 3.63) is 48.5 Å². The summed E-state index contributed by atoms with van der Waals surface area (Å²) in [6.07, 6.45) is 0. The number of aromatic nitrogens is 1. The molecule has 1 heterocycles. The van der Waals surface area contributed by atoms with Gasteiger partial charge in [0.1, 0.15) is 17.2 Å². The van der Waals surface area contributed by atoms with Gasteiger partial charge in [-0.05, 0) is 48.5 Å². The van der Waals surface area contributed by atoms with Crippen molar-refractivity contribution < 1.29 is 13.9 Å². The molecule has 0 unspecified atom stereocenters. The first kappa shape index (κ1) is 17.4. The van der Waals surface area contributed by atoms with Gasteiger partial charge in [0.05, 0.1) is 14.2 Å². The van der Waals surface area contributed by atoms with Gasteiger partial charge in [-0.3, -0.25) is 0 Å². The Morgan fingerprint density at radius 3 is 1.84 bits per heavy atom. The SMILES string of the molecule is COc1ccc(-c2nc(SC(C)C)oc2-c2ccc(OC)cc2)cc1. The van der Waals surface area contributed by atoms with Crippen LogP contribution >= 0.6 is 11.8 Å². The summed E-state index contributed by atoms with van der Waals surface area (Å²) in [6, 6.07) is 15.7. The van der Waals surface area contributed by atoms with Crippen LogP contribution in [0.5, 0.6) is 11.5 Å². The molecule has 0 aliphatic carbocycles. The van der Waals surface area contributed by atoms with E-state index >= 15 is 0 Å². The van der Waals surface area contributed by atoms with Gasteiger partial charge in [-0.15, -0.1) is 0 Å². The van der Waals surface area contributed by atoms with Crippen LogP contribution in [0.25, 0.3) is 22.6 Å². The molecule has 0 saturated heterocycles. The lowest BCUT2D eigenvalue weighted by atomic mass is 10.1. The molecule has 0 N–H and O–H groups in total. The highest BCUT2D eigenvalue weighted by molar-refractivity contribution is 7.99. The third-order valence-corrected chi connectivity index (χ3v) is 4.51. The molecular formula is C20H21NO3S. The molecule has 0 radical (unpaired) electrons. The molecule has 0 bridgehead atoms. The normalized spacial score (nSPS) is 10.9. The topological polar surface area (TPSA) is 44.5 Å². The zero-order chi connectivity index (χ0) is 17.8. The van der Waals surface area contributed by atoms with Crippen molar-refractivity contribution in [2.75, 3.05) is 14.2 Å². The lowest BCUT2D eigenvalue weighted by molar-refractivity contribution is 0.414. The number of rotatable bonds is 6. The number of methoxy groups -OCH3 is 2. The minimum Gasteiger partial charge on any atom is -0.497 e. The van der Waals surface area contributed by atoms with E-state index in [2.05, 4.69) is 13.8 Å². The van der Waals surface area contributed by atoms with E-state index in [4.69, 9.17) is 18.9 Å². The molecule has 2 aromatic carbocycles. The van der Waals surface area contributed by atoms with Gasteiger partial charge >= 0.3 is 0 Å². The van der Waals surface area contributed by atoms with Crippen LogP contribution in [0.15, 0.2) is 58.2 Å². The van der Waals surface area contributed by atoms with Crippen LogP contribution < -0.4 is 9.47 Å². The second kappa shape index (κ2) is 7.66. The number of benzene rings is 2. The standard InChI is InChI=1S/C20H21NO3S/c1-13(2)25-20-21-18(14-5-9-16(22-3)10-6-14)19(24-20)15-7-11-17(23-4)12-8-15/h5-13H,1-4H3. The Morgan fingerprint density at radius 2 is 1.36 bits per heavy atom. The lowest BCUT2D eigenvalue weighted by Crippen LogP contribution is -1.87. The average Bonchev–Trinajstić information content (AvgIpc) is 3.05. The Morgan fingerprint density at radius 1 is 0.840 bits per heavy atom.